The van der Waals surface area contributed by atoms with Gasteiger partial charge in [0.15, 0.2) is 11.5 Å². The molecule has 2 aliphatic rings. The molecule has 110 valence electrons. The van der Waals surface area contributed by atoms with Crippen molar-refractivity contribution in [2.45, 2.75) is 43.9 Å². The molecule has 3 heteroatoms. The van der Waals surface area contributed by atoms with Gasteiger partial charge in [-0.05, 0) is 30.0 Å². The summed E-state index contributed by atoms with van der Waals surface area (Å²) in [7, 11) is 0. The van der Waals surface area contributed by atoms with Crippen LogP contribution >= 0.6 is 15.9 Å². The lowest BCUT2D eigenvalue weighted by Crippen LogP contribution is -2.12. The van der Waals surface area contributed by atoms with Crippen molar-refractivity contribution in [3.05, 3.63) is 23.8 Å². The molecule has 1 aliphatic heterocycles. The average Bonchev–Trinajstić information content (AvgIpc) is 2.88. The average molecular weight is 339 g/mol. The number of alkyl halides is 1. The minimum absolute atomic E-state index is 0.431. The van der Waals surface area contributed by atoms with Crippen molar-refractivity contribution in [3.8, 4) is 11.5 Å². The second kappa shape index (κ2) is 6.38. The molecule has 1 saturated carbocycles. The molecule has 1 fully saturated rings. The van der Waals surface area contributed by atoms with Crippen molar-refractivity contribution >= 4 is 15.9 Å². The monoisotopic (exact) mass is 338 g/mol. The first-order valence-electron chi connectivity index (χ1n) is 7.76. The van der Waals surface area contributed by atoms with Gasteiger partial charge in [-0.1, -0.05) is 54.6 Å². The number of rotatable bonds is 3. The fourth-order valence-corrected chi connectivity index (χ4v) is 3.95. The van der Waals surface area contributed by atoms with Gasteiger partial charge in [0.2, 0.25) is 0 Å². The second-order valence-corrected chi connectivity index (χ2v) is 7.39. The number of hydrogen-bond donors (Lipinski definition) is 0. The molecule has 1 aliphatic carbocycles. The third-order valence-corrected chi connectivity index (χ3v) is 5.29. The fourth-order valence-electron chi connectivity index (χ4n) is 3.14. The minimum atomic E-state index is 0.431. The number of hydrogen-bond acceptors (Lipinski definition) is 2. The van der Waals surface area contributed by atoms with Crippen LogP contribution in [0, 0.1) is 11.8 Å². The van der Waals surface area contributed by atoms with Crippen LogP contribution in [0.5, 0.6) is 11.5 Å². The molecule has 0 saturated heterocycles. The molecule has 3 rings (SSSR count). The minimum Gasteiger partial charge on any atom is -0.489 e. The molecule has 0 N–H and O–H groups in total. The summed E-state index contributed by atoms with van der Waals surface area (Å²) in [6, 6.07) is 6.39. The molecular weight excluding hydrogens is 316 g/mol. The summed E-state index contributed by atoms with van der Waals surface area (Å²) in [5.74, 6) is 3.13. The third-order valence-electron chi connectivity index (χ3n) is 4.39. The highest BCUT2D eigenvalue weighted by molar-refractivity contribution is 9.09. The molecule has 0 amide bonds. The largest absolute Gasteiger partial charge is 0.489 e. The Labute approximate surface area is 130 Å². The zero-order chi connectivity index (χ0) is 13.9. The van der Waals surface area contributed by atoms with E-state index >= 15 is 0 Å². The molecule has 1 heterocycles. The summed E-state index contributed by atoms with van der Waals surface area (Å²) >= 11 is 3.86. The highest BCUT2D eigenvalue weighted by atomic mass is 79.9. The molecule has 2 atom stereocenters. The molecular formula is C17H23BrO2. The van der Waals surface area contributed by atoms with E-state index in [1.165, 1.54) is 37.7 Å². The molecule has 2 unspecified atom stereocenters. The lowest BCUT2D eigenvalue weighted by molar-refractivity contribution is 0.228. The number of halogens is 1. The molecule has 0 aromatic heterocycles. The van der Waals surface area contributed by atoms with Crippen LogP contribution in [0.25, 0.3) is 0 Å². The first-order chi connectivity index (χ1) is 9.72. The Bertz CT molecular complexity index is 454. The van der Waals surface area contributed by atoms with Crippen LogP contribution in [0.3, 0.4) is 0 Å². The molecule has 0 radical (unpaired) electrons. The van der Waals surface area contributed by atoms with Crippen LogP contribution in [0.2, 0.25) is 0 Å². The zero-order valence-electron chi connectivity index (χ0n) is 12.1. The highest BCUT2D eigenvalue weighted by Gasteiger charge is 2.21. The molecule has 1 aromatic rings. The summed E-state index contributed by atoms with van der Waals surface area (Å²) in [4.78, 5) is 0.431. The van der Waals surface area contributed by atoms with E-state index in [2.05, 4.69) is 41.1 Å². The Balaban J connectivity index is 1.71. The van der Waals surface area contributed by atoms with Crippen LogP contribution in [0.4, 0.5) is 0 Å². The zero-order valence-corrected chi connectivity index (χ0v) is 13.7. The Kier molecular flexibility index (Phi) is 4.54. The number of benzene rings is 1. The highest BCUT2D eigenvalue weighted by Crippen LogP contribution is 2.40. The van der Waals surface area contributed by atoms with Crippen molar-refractivity contribution in [1.82, 2.24) is 0 Å². The smallest absolute Gasteiger partial charge is 0.161 e. The summed E-state index contributed by atoms with van der Waals surface area (Å²) in [5.41, 5.74) is 1.31. The van der Waals surface area contributed by atoms with Gasteiger partial charge >= 0.3 is 0 Å². The number of fused-ring (bicyclic) bond motifs is 1. The van der Waals surface area contributed by atoms with Gasteiger partial charge in [0.25, 0.3) is 0 Å². The van der Waals surface area contributed by atoms with E-state index in [1.807, 2.05) is 0 Å². The van der Waals surface area contributed by atoms with Gasteiger partial charge in [0, 0.05) is 10.7 Å². The Morgan fingerprint density at radius 3 is 2.60 bits per heavy atom. The van der Waals surface area contributed by atoms with E-state index in [0.717, 1.165) is 30.6 Å². The van der Waals surface area contributed by atoms with Crippen LogP contribution in [-0.4, -0.2) is 13.2 Å². The maximum absolute atomic E-state index is 5.88. The van der Waals surface area contributed by atoms with E-state index in [-0.39, 0.29) is 0 Å². The maximum atomic E-state index is 5.88. The lowest BCUT2D eigenvalue weighted by atomic mass is 9.98. The summed E-state index contributed by atoms with van der Waals surface area (Å²) in [5, 5.41) is 0. The van der Waals surface area contributed by atoms with Gasteiger partial charge in [0.05, 0.1) is 13.2 Å². The van der Waals surface area contributed by atoms with Crippen molar-refractivity contribution < 1.29 is 9.47 Å². The van der Waals surface area contributed by atoms with Gasteiger partial charge in [0.1, 0.15) is 0 Å². The molecule has 0 bridgehead atoms. The van der Waals surface area contributed by atoms with Crippen molar-refractivity contribution in [2.75, 3.05) is 13.2 Å². The van der Waals surface area contributed by atoms with Gasteiger partial charge in [-0.3, -0.25) is 0 Å². The van der Waals surface area contributed by atoms with E-state index in [4.69, 9.17) is 9.47 Å². The Hall–Kier alpha value is -0.700. The quantitative estimate of drug-likeness (QED) is 0.713. The van der Waals surface area contributed by atoms with Crippen LogP contribution in [0.15, 0.2) is 18.2 Å². The first-order valence-corrected chi connectivity index (χ1v) is 8.67. The fraction of sp³-hybridized carbons (Fsp3) is 0.647. The van der Waals surface area contributed by atoms with Gasteiger partial charge in [-0.25, -0.2) is 0 Å². The Morgan fingerprint density at radius 2 is 1.85 bits per heavy atom. The lowest BCUT2D eigenvalue weighted by Gasteiger charge is -2.17. The molecule has 1 aromatic carbocycles. The predicted octanol–water partition coefficient (Wildman–Crippen LogP) is 5.11. The van der Waals surface area contributed by atoms with Crippen molar-refractivity contribution in [3.63, 3.8) is 0 Å². The molecule has 0 spiro atoms. The topological polar surface area (TPSA) is 18.5 Å². The molecule has 2 nitrogen and oxygen atoms in total. The van der Waals surface area contributed by atoms with Crippen molar-refractivity contribution in [1.29, 1.82) is 0 Å². The van der Waals surface area contributed by atoms with Gasteiger partial charge in [-0.2, -0.15) is 0 Å². The third kappa shape index (κ3) is 3.30. The standard InChI is InChI=1S/C17H23BrO2/c1-12-10-19-16-7-6-14(9-17(16)20-11-12)15(18)8-13-4-2-3-5-13/h6-7,9,12-13,15H,2-5,8,10-11H2,1H3. The Morgan fingerprint density at radius 1 is 1.15 bits per heavy atom. The first kappa shape index (κ1) is 14.2. The predicted molar refractivity (Wildman–Crippen MR) is 84.8 cm³/mol. The van der Waals surface area contributed by atoms with Gasteiger partial charge < -0.3 is 9.47 Å². The summed E-state index contributed by atoms with van der Waals surface area (Å²) < 4.78 is 11.7. The maximum Gasteiger partial charge on any atom is 0.161 e. The van der Waals surface area contributed by atoms with E-state index in [9.17, 15) is 0 Å². The SMILES string of the molecule is CC1COc2ccc(C(Br)CC3CCCC3)cc2OC1. The van der Waals surface area contributed by atoms with Crippen molar-refractivity contribution in [2.24, 2.45) is 11.8 Å². The van der Waals surface area contributed by atoms with Crippen LogP contribution in [-0.2, 0) is 0 Å². The van der Waals surface area contributed by atoms with Crippen LogP contribution in [0.1, 0.15) is 49.4 Å². The second-order valence-electron chi connectivity index (χ2n) is 6.29. The summed E-state index contributed by atoms with van der Waals surface area (Å²) in [6.07, 6.45) is 6.83. The van der Waals surface area contributed by atoms with E-state index in [0.29, 0.717) is 10.7 Å². The normalized spacial score (nSPS) is 24.4. The molecule has 20 heavy (non-hydrogen) atoms. The van der Waals surface area contributed by atoms with E-state index in [1.54, 1.807) is 0 Å². The van der Waals surface area contributed by atoms with Gasteiger partial charge in [-0.15, -0.1) is 0 Å². The van der Waals surface area contributed by atoms with E-state index < -0.39 is 0 Å². The summed E-state index contributed by atoms with van der Waals surface area (Å²) in [6.45, 7) is 3.64. The van der Waals surface area contributed by atoms with Crippen LogP contribution < -0.4 is 9.47 Å². The number of ether oxygens (including phenoxy) is 2.